The first-order valence-corrected chi connectivity index (χ1v) is 7.50. The largest absolute Gasteiger partial charge is 0.480 e. The van der Waals surface area contributed by atoms with E-state index in [9.17, 15) is 4.79 Å². The lowest BCUT2D eigenvalue weighted by atomic mass is 10.1. The first-order chi connectivity index (χ1) is 9.79. The van der Waals surface area contributed by atoms with Crippen LogP contribution in [0.25, 0.3) is 0 Å². The van der Waals surface area contributed by atoms with Crippen LogP contribution < -0.4 is 10.1 Å². The zero-order valence-electron chi connectivity index (χ0n) is 10.7. The summed E-state index contributed by atoms with van der Waals surface area (Å²) in [6.07, 6.45) is 2.50. The number of hydrogen-bond acceptors (Lipinski definition) is 5. The molecule has 0 saturated heterocycles. The van der Waals surface area contributed by atoms with Gasteiger partial charge in [-0.05, 0) is 24.5 Å². The Morgan fingerprint density at radius 1 is 1.30 bits per heavy atom. The minimum atomic E-state index is -0.472. The molecule has 1 amide bonds. The zero-order chi connectivity index (χ0) is 13.5. The second-order valence-electron chi connectivity index (χ2n) is 5.13. The summed E-state index contributed by atoms with van der Waals surface area (Å²) in [6, 6.07) is 7.73. The van der Waals surface area contributed by atoms with Crippen molar-refractivity contribution in [1.82, 2.24) is 10.2 Å². The zero-order valence-corrected chi connectivity index (χ0v) is 11.5. The minimum absolute atomic E-state index is 0.153. The van der Waals surface area contributed by atoms with E-state index in [1.807, 2.05) is 24.3 Å². The number of para-hydroxylation sites is 1. The highest BCUT2D eigenvalue weighted by Gasteiger charge is 2.31. The minimum Gasteiger partial charge on any atom is -0.480 e. The maximum Gasteiger partial charge on any atom is 0.267 e. The van der Waals surface area contributed by atoms with E-state index in [0.29, 0.717) is 17.5 Å². The molecule has 0 bridgehead atoms. The summed E-state index contributed by atoms with van der Waals surface area (Å²) in [5, 5.41) is 12.5. The third-order valence-electron chi connectivity index (χ3n) is 3.54. The van der Waals surface area contributed by atoms with Crippen molar-refractivity contribution in [1.29, 1.82) is 0 Å². The third-order valence-corrected chi connectivity index (χ3v) is 4.54. The number of hydrogen-bond donors (Lipinski definition) is 1. The molecule has 1 aromatic heterocycles. The lowest BCUT2D eigenvalue weighted by Crippen LogP contribution is -2.31. The van der Waals surface area contributed by atoms with Gasteiger partial charge in [0.15, 0.2) is 6.10 Å². The van der Waals surface area contributed by atoms with Gasteiger partial charge in [-0.25, -0.2) is 0 Å². The van der Waals surface area contributed by atoms with Gasteiger partial charge in [0.25, 0.3) is 5.91 Å². The molecule has 1 N–H and O–H groups in total. The van der Waals surface area contributed by atoms with Crippen LogP contribution >= 0.6 is 11.3 Å². The molecule has 102 valence electrons. The third kappa shape index (κ3) is 2.16. The SMILES string of the molecule is O=C(Nc1nnc(C2CC2)s1)C1Cc2ccccc2O1. The monoisotopic (exact) mass is 287 g/mol. The average molecular weight is 287 g/mol. The molecule has 1 saturated carbocycles. The summed E-state index contributed by atoms with van der Waals surface area (Å²) in [6.45, 7) is 0. The number of rotatable bonds is 3. The van der Waals surface area contributed by atoms with Gasteiger partial charge in [0.1, 0.15) is 10.8 Å². The molecular formula is C14H13N3O2S. The van der Waals surface area contributed by atoms with E-state index in [0.717, 1.165) is 16.3 Å². The molecule has 5 nitrogen and oxygen atoms in total. The Morgan fingerprint density at radius 2 is 2.15 bits per heavy atom. The highest BCUT2D eigenvalue weighted by atomic mass is 32.1. The number of nitrogens with zero attached hydrogens (tertiary/aromatic N) is 2. The van der Waals surface area contributed by atoms with E-state index >= 15 is 0 Å². The standard InChI is InChI=1S/C14H13N3O2S/c18-12(11-7-9-3-1-2-4-10(9)19-11)15-14-17-16-13(20-14)8-5-6-8/h1-4,8,11H,5-7H2,(H,15,17,18). The molecule has 20 heavy (non-hydrogen) atoms. The molecule has 1 aliphatic heterocycles. The molecular weight excluding hydrogens is 274 g/mol. The van der Waals surface area contributed by atoms with Crippen molar-refractivity contribution in [3.63, 3.8) is 0 Å². The van der Waals surface area contributed by atoms with Gasteiger partial charge >= 0.3 is 0 Å². The summed E-state index contributed by atoms with van der Waals surface area (Å²) >= 11 is 1.46. The molecule has 0 radical (unpaired) electrons. The Balaban J connectivity index is 1.43. The van der Waals surface area contributed by atoms with Gasteiger partial charge in [0.2, 0.25) is 5.13 Å². The molecule has 2 aliphatic rings. The summed E-state index contributed by atoms with van der Waals surface area (Å²) in [5.74, 6) is 1.20. The Bertz CT molecular complexity index is 641. The maximum atomic E-state index is 12.2. The number of carbonyl (C=O) groups excluding carboxylic acids is 1. The van der Waals surface area contributed by atoms with Crippen molar-refractivity contribution in [2.45, 2.75) is 31.3 Å². The molecule has 2 heterocycles. The topological polar surface area (TPSA) is 64.1 Å². The van der Waals surface area contributed by atoms with Crippen molar-refractivity contribution in [3.8, 4) is 5.75 Å². The molecule has 1 atom stereocenters. The number of ether oxygens (including phenoxy) is 1. The number of nitrogens with one attached hydrogen (secondary N) is 1. The van der Waals surface area contributed by atoms with Crippen LogP contribution in [0.1, 0.15) is 29.3 Å². The van der Waals surface area contributed by atoms with Crippen LogP contribution in [-0.4, -0.2) is 22.2 Å². The van der Waals surface area contributed by atoms with Crippen LogP contribution in [0.3, 0.4) is 0 Å². The van der Waals surface area contributed by atoms with Crippen molar-refractivity contribution in [3.05, 3.63) is 34.8 Å². The smallest absolute Gasteiger partial charge is 0.267 e. The number of amides is 1. The van der Waals surface area contributed by atoms with Crippen LogP contribution in [-0.2, 0) is 11.2 Å². The predicted octanol–water partition coefficient (Wildman–Crippen LogP) is 2.36. The summed E-state index contributed by atoms with van der Waals surface area (Å²) in [5.41, 5.74) is 1.07. The highest BCUT2D eigenvalue weighted by Crippen LogP contribution is 2.42. The van der Waals surface area contributed by atoms with Gasteiger partial charge in [-0.15, -0.1) is 10.2 Å². The molecule has 1 aromatic carbocycles. The van der Waals surface area contributed by atoms with E-state index in [1.54, 1.807) is 0 Å². The summed E-state index contributed by atoms with van der Waals surface area (Å²) < 4.78 is 5.65. The van der Waals surface area contributed by atoms with E-state index in [1.165, 1.54) is 24.2 Å². The van der Waals surface area contributed by atoms with Crippen LogP contribution in [0.4, 0.5) is 5.13 Å². The number of aromatic nitrogens is 2. The van der Waals surface area contributed by atoms with Crippen LogP contribution in [0, 0.1) is 0 Å². The van der Waals surface area contributed by atoms with Crippen molar-refractivity contribution in [2.24, 2.45) is 0 Å². The van der Waals surface area contributed by atoms with Gasteiger partial charge in [-0.2, -0.15) is 0 Å². The molecule has 6 heteroatoms. The number of fused-ring (bicyclic) bond motifs is 1. The van der Waals surface area contributed by atoms with Gasteiger partial charge < -0.3 is 4.74 Å². The van der Waals surface area contributed by atoms with Crippen molar-refractivity contribution < 1.29 is 9.53 Å². The van der Waals surface area contributed by atoms with E-state index < -0.39 is 6.10 Å². The number of anilines is 1. The second-order valence-corrected chi connectivity index (χ2v) is 6.14. The van der Waals surface area contributed by atoms with E-state index in [-0.39, 0.29) is 5.91 Å². The highest BCUT2D eigenvalue weighted by molar-refractivity contribution is 7.15. The molecule has 1 unspecified atom stereocenters. The average Bonchev–Trinajstić information content (AvgIpc) is 3.04. The fourth-order valence-corrected chi connectivity index (χ4v) is 3.21. The number of benzene rings is 1. The first-order valence-electron chi connectivity index (χ1n) is 6.68. The van der Waals surface area contributed by atoms with Gasteiger partial charge in [-0.1, -0.05) is 29.5 Å². The van der Waals surface area contributed by atoms with E-state index in [2.05, 4.69) is 15.5 Å². The van der Waals surface area contributed by atoms with Crippen LogP contribution in [0.5, 0.6) is 5.75 Å². The van der Waals surface area contributed by atoms with Crippen LogP contribution in [0.15, 0.2) is 24.3 Å². The lowest BCUT2D eigenvalue weighted by Gasteiger charge is -2.08. The van der Waals surface area contributed by atoms with Crippen molar-refractivity contribution >= 4 is 22.4 Å². The Hall–Kier alpha value is -1.95. The molecule has 2 aromatic rings. The normalized spacial score (nSPS) is 20.3. The predicted molar refractivity (Wildman–Crippen MR) is 75.1 cm³/mol. The van der Waals surface area contributed by atoms with Gasteiger partial charge in [0, 0.05) is 12.3 Å². The lowest BCUT2D eigenvalue weighted by molar-refractivity contribution is -0.122. The van der Waals surface area contributed by atoms with Crippen LogP contribution in [0.2, 0.25) is 0 Å². The molecule has 1 fully saturated rings. The molecule has 4 rings (SSSR count). The quantitative estimate of drug-likeness (QED) is 0.941. The Morgan fingerprint density at radius 3 is 2.95 bits per heavy atom. The summed E-state index contributed by atoms with van der Waals surface area (Å²) in [7, 11) is 0. The molecule has 1 aliphatic carbocycles. The van der Waals surface area contributed by atoms with Crippen molar-refractivity contribution in [2.75, 3.05) is 5.32 Å². The van der Waals surface area contributed by atoms with E-state index in [4.69, 9.17) is 4.74 Å². The number of carbonyl (C=O) groups is 1. The fraction of sp³-hybridized carbons (Fsp3) is 0.357. The van der Waals surface area contributed by atoms with Gasteiger partial charge in [-0.3, -0.25) is 10.1 Å². The maximum absolute atomic E-state index is 12.2. The first kappa shape index (κ1) is 11.8. The second kappa shape index (κ2) is 4.56. The Kier molecular flexibility index (Phi) is 2.70. The van der Waals surface area contributed by atoms with Gasteiger partial charge in [0.05, 0.1) is 0 Å². The fourth-order valence-electron chi connectivity index (χ4n) is 2.29. The molecule has 0 spiro atoms. The summed E-state index contributed by atoms with van der Waals surface area (Å²) in [4.78, 5) is 12.2. The Labute approximate surface area is 120 Å².